The van der Waals surface area contributed by atoms with Gasteiger partial charge in [0.15, 0.2) is 6.10 Å². The number of amides is 1. The van der Waals surface area contributed by atoms with E-state index in [4.69, 9.17) is 9.47 Å². The minimum Gasteiger partial charge on any atom is -0.497 e. The molecule has 0 aliphatic heterocycles. The fourth-order valence-corrected chi connectivity index (χ4v) is 2.04. The molecule has 0 aromatic heterocycles. The number of nitrogens with one attached hydrogen (secondary N) is 1. The van der Waals surface area contributed by atoms with Gasteiger partial charge < -0.3 is 14.8 Å². The Balaban J connectivity index is 1.92. The van der Waals surface area contributed by atoms with Crippen molar-refractivity contribution in [2.75, 3.05) is 7.11 Å². The Morgan fingerprint density at radius 2 is 1.68 bits per heavy atom. The lowest BCUT2D eigenvalue weighted by Gasteiger charge is -2.14. The van der Waals surface area contributed by atoms with Crippen LogP contribution in [0.5, 0.6) is 5.75 Å². The zero-order valence-electron chi connectivity index (χ0n) is 13.7. The summed E-state index contributed by atoms with van der Waals surface area (Å²) in [5.74, 6) is -3.22. The van der Waals surface area contributed by atoms with Crippen LogP contribution in [-0.2, 0) is 16.1 Å². The number of carbonyl (C=O) groups excluding carboxylic acids is 2. The average molecular weight is 349 g/mol. The minimum absolute atomic E-state index is 0.207. The number of ether oxygens (including phenoxy) is 2. The van der Waals surface area contributed by atoms with Crippen LogP contribution in [-0.4, -0.2) is 25.1 Å². The molecule has 2 rings (SSSR count). The molecule has 2 aromatic rings. The molecular weight excluding hydrogens is 332 g/mol. The molecule has 0 aliphatic rings. The topological polar surface area (TPSA) is 64.6 Å². The van der Waals surface area contributed by atoms with Crippen LogP contribution in [0.3, 0.4) is 0 Å². The molecule has 1 N–H and O–H groups in total. The Morgan fingerprint density at radius 3 is 2.24 bits per heavy atom. The van der Waals surface area contributed by atoms with Crippen molar-refractivity contribution in [2.24, 2.45) is 0 Å². The van der Waals surface area contributed by atoms with Crippen molar-refractivity contribution in [1.29, 1.82) is 0 Å². The largest absolute Gasteiger partial charge is 0.497 e. The molecule has 5 nitrogen and oxygen atoms in total. The first-order valence-electron chi connectivity index (χ1n) is 7.48. The van der Waals surface area contributed by atoms with Gasteiger partial charge >= 0.3 is 5.97 Å². The summed E-state index contributed by atoms with van der Waals surface area (Å²) >= 11 is 0. The van der Waals surface area contributed by atoms with Gasteiger partial charge in [-0.2, -0.15) is 0 Å². The maximum atomic E-state index is 13.5. The van der Waals surface area contributed by atoms with Crippen molar-refractivity contribution in [3.8, 4) is 5.75 Å². The van der Waals surface area contributed by atoms with Crippen LogP contribution < -0.4 is 10.1 Å². The van der Waals surface area contributed by atoms with Crippen LogP contribution in [0.25, 0.3) is 0 Å². The number of esters is 1. The molecule has 0 unspecified atom stereocenters. The summed E-state index contributed by atoms with van der Waals surface area (Å²) in [7, 11) is 1.55. The Hall–Kier alpha value is -2.96. The third kappa shape index (κ3) is 4.76. The Kier molecular flexibility index (Phi) is 6.05. The van der Waals surface area contributed by atoms with Gasteiger partial charge in [-0.1, -0.05) is 18.2 Å². The third-order valence-corrected chi connectivity index (χ3v) is 3.45. The van der Waals surface area contributed by atoms with Crippen LogP contribution >= 0.6 is 0 Å². The molecule has 7 heteroatoms. The van der Waals surface area contributed by atoms with E-state index < -0.39 is 35.2 Å². The van der Waals surface area contributed by atoms with Crippen molar-refractivity contribution in [3.05, 3.63) is 65.2 Å². The zero-order valence-corrected chi connectivity index (χ0v) is 13.7. The van der Waals surface area contributed by atoms with E-state index in [0.29, 0.717) is 5.75 Å². The van der Waals surface area contributed by atoms with E-state index >= 15 is 0 Å². The number of rotatable bonds is 6. The van der Waals surface area contributed by atoms with E-state index in [0.717, 1.165) is 23.8 Å². The quantitative estimate of drug-likeness (QED) is 0.815. The van der Waals surface area contributed by atoms with Gasteiger partial charge in [0.05, 0.1) is 7.11 Å². The first-order chi connectivity index (χ1) is 11.9. The molecule has 132 valence electrons. The molecule has 2 aromatic carbocycles. The van der Waals surface area contributed by atoms with Crippen molar-refractivity contribution < 1.29 is 27.8 Å². The van der Waals surface area contributed by atoms with Crippen LogP contribution in [0.2, 0.25) is 0 Å². The molecule has 25 heavy (non-hydrogen) atoms. The van der Waals surface area contributed by atoms with E-state index in [1.807, 2.05) is 0 Å². The first kappa shape index (κ1) is 18.4. The second kappa shape index (κ2) is 8.23. The second-order valence-electron chi connectivity index (χ2n) is 5.21. The number of benzene rings is 2. The molecule has 0 aliphatic carbocycles. The Bertz CT molecular complexity index is 742. The summed E-state index contributed by atoms with van der Waals surface area (Å²) in [6.45, 7) is 1.53. The van der Waals surface area contributed by atoms with Gasteiger partial charge in [0, 0.05) is 6.54 Å². The van der Waals surface area contributed by atoms with Crippen LogP contribution in [0.1, 0.15) is 22.8 Å². The molecular formula is C18H17F2NO4. The lowest BCUT2D eigenvalue weighted by atomic mass is 10.2. The minimum atomic E-state index is -1.23. The van der Waals surface area contributed by atoms with Crippen LogP contribution in [0.4, 0.5) is 8.78 Å². The Morgan fingerprint density at radius 1 is 1.08 bits per heavy atom. The molecule has 1 amide bonds. The average Bonchev–Trinajstić information content (AvgIpc) is 2.59. The molecule has 0 spiro atoms. The monoisotopic (exact) mass is 349 g/mol. The summed E-state index contributed by atoms with van der Waals surface area (Å²) < 4.78 is 36.9. The van der Waals surface area contributed by atoms with Gasteiger partial charge in [-0.05, 0) is 36.8 Å². The van der Waals surface area contributed by atoms with E-state index in [1.54, 1.807) is 31.4 Å². The van der Waals surface area contributed by atoms with Gasteiger partial charge in [0.1, 0.15) is 22.9 Å². The second-order valence-corrected chi connectivity index (χ2v) is 5.21. The van der Waals surface area contributed by atoms with E-state index in [2.05, 4.69) is 5.32 Å². The molecule has 0 radical (unpaired) electrons. The summed E-state index contributed by atoms with van der Waals surface area (Å²) in [4.78, 5) is 23.8. The molecule has 0 heterocycles. The lowest BCUT2D eigenvalue weighted by Crippen LogP contribution is -2.35. The van der Waals surface area contributed by atoms with Crippen LogP contribution in [0.15, 0.2) is 42.5 Å². The molecule has 0 saturated carbocycles. The molecule has 1 atom stereocenters. The van der Waals surface area contributed by atoms with Crippen molar-refractivity contribution >= 4 is 11.9 Å². The smallest absolute Gasteiger partial charge is 0.344 e. The lowest BCUT2D eigenvalue weighted by molar-refractivity contribution is -0.129. The fraction of sp³-hybridized carbons (Fsp3) is 0.222. The summed E-state index contributed by atoms with van der Waals surface area (Å²) in [6.07, 6.45) is -1.20. The zero-order chi connectivity index (χ0) is 18.4. The summed E-state index contributed by atoms with van der Waals surface area (Å²) in [6, 6.07) is 10.0. The number of hydrogen-bond donors (Lipinski definition) is 1. The fourth-order valence-electron chi connectivity index (χ4n) is 2.04. The van der Waals surface area contributed by atoms with E-state index in [9.17, 15) is 18.4 Å². The highest BCUT2D eigenvalue weighted by atomic mass is 19.1. The predicted molar refractivity (Wildman–Crippen MR) is 86.1 cm³/mol. The maximum absolute atomic E-state index is 13.5. The molecule has 0 bridgehead atoms. The number of methoxy groups -OCH3 is 1. The first-order valence-corrected chi connectivity index (χ1v) is 7.48. The normalized spacial score (nSPS) is 11.5. The van der Waals surface area contributed by atoms with Gasteiger partial charge in [-0.15, -0.1) is 0 Å². The highest BCUT2D eigenvalue weighted by molar-refractivity contribution is 5.92. The van der Waals surface area contributed by atoms with Crippen molar-refractivity contribution in [3.63, 3.8) is 0 Å². The summed E-state index contributed by atoms with van der Waals surface area (Å²) in [5, 5.41) is 2.58. The van der Waals surface area contributed by atoms with Gasteiger partial charge in [0.25, 0.3) is 5.91 Å². The molecule has 0 fully saturated rings. The van der Waals surface area contributed by atoms with Gasteiger partial charge in [-0.3, -0.25) is 4.79 Å². The SMILES string of the molecule is COc1ccc(CNC(=O)[C@H](C)OC(=O)c2c(F)cccc2F)cc1. The van der Waals surface area contributed by atoms with E-state index in [-0.39, 0.29) is 6.54 Å². The van der Waals surface area contributed by atoms with E-state index in [1.165, 1.54) is 6.92 Å². The molecule has 0 saturated heterocycles. The highest BCUT2D eigenvalue weighted by Crippen LogP contribution is 2.14. The third-order valence-electron chi connectivity index (χ3n) is 3.45. The number of halogens is 2. The summed E-state index contributed by atoms with van der Waals surface area (Å²) in [5.41, 5.74) is -0.00914. The van der Waals surface area contributed by atoms with Crippen molar-refractivity contribution in [2.45, 2.75) is 19.6 Å². The predicted octanol–water partition coefficient (Wildman–Crippen LogP) is 2.84. The number of carbonyl (C=O) groups is 2. The standard InChI is InChI=1S/C18H17F2NO4/c1-11(25-18(23)16-14(19)4-3-5-15(16)20)17(22)21-10-12-6-8-13(24-2)9-7-12/h3-9,11H,10H2,1-2H3,(H,21,22)/t11-/m0/s1. The van der Waals surface area contributed by atoms with Gasteiger partial charge in [0.2, 0.25) is 0 Å². The van der Waals surface area contributed by atoms with Crippen LogP contribution in [0, 0.1) is 11.6 Å². The highest BCUT2D eigenvalue weighted by Gasteiger charge is 2.23. The van der Waals surface area contributed by atoms with Crippen molar-refractivity contribution in [1.82, 2.24) is 5.32 Å². The maximum Gasteiger partial charge on any atom is 0.344 e. The Labute approximate surface area is 143 Å². The number of hydrogen-bond acceptors (Lipinski definition) is 4. The van der Waals surface area contributed by atoms with Gasteiger partial charge in [-0.25, -0.2) is 13.6 Å².